The zero-order valence-electron chi connectivity index (χ0n) is 5.70. The van der Waals surface area contributed by atoms with Gasteiger partial charge >= 0.3 is 5.76 Å². The van der Waals surface area contributed by atoms with E-state index >= 15 is 0 Å². The maximum Gasteiger partial charge on any atom is 0.441 e. The van der Waals surface area contributed by atoms with Crippen molar-refractivity contribution in [3.63, 3.8) is 0 Å². The number of hydrogen-bond acceptors (Lipinski definition) is 4. The molecule has 0 aromatic carbocycles. The van der Waals surface area contributed by atoms with E-state index in [4.69, 9.17) is 5.73 Å². The Morgan fingerprint density at radius 2 is 2.50 bits per heavy atom. The largest absolute Gasteiger partial charge is 0.441 e. The summed E-state index contributed by atoms with van der Waals surface area (Å²) in [7, 11) is 1.60. The molecule has 2 N–H and O–H groups in total. The second-order valence-electron chi connectivity index (χ2n) is 1.96. The van der Waals surface area contributed by atoms with Crippen molar-refractivity contribution in [3.8, 4) is 0 Å². The molecule has 56 valence electrons. The van der Waals surface area contributed by atoms with Crippen LogP contribution in [0.1, 0.15) is 5.82 Å². The van der Waals surface area contributed by atoms with Crippen molar-refractivity contribution < 1.29 is 4.52 Å². The monoisotopic (exact) mass is 143 g/mol. The lowest BCUT2D eigenvalue weighted by atomic mass is 10.4. The molecule has 0 radical (unpaired) electrons. The standard InChI is InChI=1S/C5H9N3O2/c1-8-4(2-3-6)7-10-5(8)9/h2-3,6H2,1H3. The fourth-order valence-electron chi connectivity index (χ4n) is 0.662. The molecule has 5 nitrogen and oxygen atoms in total. The van der Waals surface area contributed by atoms with Crippen LogP contribution in [0.15, 0.2) is 9.32 Å². The summed E-state index contributed by atoms with van der Waals surface area (Å²) in [5.41, 5.74) is 5.24. The van der Waals surface area contributed by atoms with Crippen molar-refractivity contribution >= 4 is 0 Å². The van der Waals surface area contributed by atoms with E-state index in [1.54, 1.807) is 7.05 Å². The summed E-state index contributed by atoms with van der Waals surface area (Å²) in [4.78, 5) is 10.6. The summed E-state index contributed by atoms with van der Waals surface area (Å²) < 4.78 is 5.69. The van der Waals surface area contributed by atoms with Gasteiger partial charge in [0.1, 0.15) is 0 Å². The van der Waals surface area contributed by atoms with Crippen LogP contribution >= 0.6 is 0 Å². The highest BCUT2D eigenvalue weighted by Gasteiger charge is 2.03. The Balaban J connectivity index is 2.94. The molecule has 0 aliphatic rings. The Hall–Kier alpha value is -1.10. The van der Waals surface area contributed by atoms with E-state index in [2.05, 4.69) is 9.68 Å². The fourth-order valence-corrected chi connectivity index (χ4v) is 0.662. The normalized spacial score (nSPS) is 10.2. The Bertz CT molecular complexity index is 262. The van der Waals surface area contributed by atoms with Crippen molar-refractivity contribution in [3.05, 3.63) is 16.4 Å². The predicted octanol–water partition coefficient (Wildman–Crippen LogP) is -1.13. The molecule has 0 aliphatic carbocycles. The number of rotatable bonds is 2. The third-order valence-electron chi connectivity index (χ3n) is 1.26. The van der Waals surface area contributed by atoms with E-state index in [0.29, 0.717) is 18.8 Å². The Kier molecular flexibility index (Phi) is 1.86. The average Bonchev–Trinajstić information content (AvgIpc) is 2.20. The van der Waals surface area contributed by atoms with E-state index in [1.165, 1.54) is 4.57 Å². The minimum atomic E-state index is -0.441. The van der Waals surface area contributed by atoms with E-state index in [9.17, 15) is 4.79 Å². The predicted molar refractivity (Wildman–Crippen MR) is 34.5 cm³/mol. The third-order valence-corrected chi connectivity index (χ3v) is 1.26. The third kappa shape index (κ3) is 1.08. The first-order chi connectivity index (χ1) is 4.75. The van der Waals surface area contributed by atoms with Crippen LogP contribution in [0.25, 0.3) is 0 Å². The second-order valence-corrected chi connectivity index (χ2v) is 1.96. The molecular weight excluding hydrogens is 134 g/mol. The van der Waals surface area contributed by atoms with Gasteiger partial charge in [-0.15, -0.1) is 0 Å². The Morgan fingerprint density at radius 1 is 1.80 bits per heavy atom. The van der Waals surface area contributed by atoms with Gasteiger partial charge in [0.05, 0.1) is 0 Å². The molecule has 1 aromatic rings. The summed E-state index contributed by atoms with van der Waals surface area (Å²) >= 11 is 0. The first-order valence-corrected chi connectivity index (χ1v) is 2.97. The van der Waals surface area contributed by atoms with Crippen molar-refractivity contribution in [2.75, 3.05) is 6.54 Å². The average molecular weight is 143 g/mol. The van der Waals surface area contributed by atoms with Gasteiger partial charge in [-0.2, -0.15) is 0 Å². The molecule has 10 heavy (non-hydrogen) atoms. The fraction of sp³-hybridized carbons (Fsp3) is 0.600. The summed E-state index contributed by atoms with van der Waals surface area (Å²) in [6, 6.07) is 0. The van der Waals surface area contributed by atoms with Crippen LogP contribution in [0.3, 0.4) is 0 Å². The highest BCUT2D eigenvalue weighted by Crippen LogP contribution is 1.87. The zero-order chi connectivity index (χ0) is 7.56. The topological polar surface area (TPSA) is 74.1 Å². The van der Waals surface area contributed by atoms with Gasteiger partial charge in [0.15, 0.2) is 5.82 Å². The molecule has 1 rings (SSSR count). The molecule has 0 unspecified atom stereocenters. The lowest BCUT2D eigenvalue weighted by Gasteiger charge is -1.91. The lowest BCUT2D eigenvalue weighted by Crippen LogP contribution is -2.14. The van der Waals surface area contributed by atoms with Gasteiger partial charge in [0.25, 0.3) is 0 Å². The molecule has 0 atom stereocenters. The summed E-state index contributed by atoms with van der Waals surface area (Å²) in [5, 5.41) is 3.50. The number of nitrogens with two attached hydrogens (primary N) is 1. The molecule has 0 saturated carbocycles. The molecule has 0 bridgehead atoms. The minimum absolute atomic E-state index is 0.441. The Morgan fingerprint density at radius 3 is 2.90 bits per heavy atom. The number of nitrogens with zero attached hydrogens (tertiary/aromatic N) is 2. The van der Waals surface area contributed by atoms with E-state index in [0.717, 1.165) is 0 Å². The summed E-state index contributed by atoms with van der Waals surface area (Å²) in [6.07, 6.45) is 0.572. The van der Waals surface area contributed by atoms with Crippen LogP contribution < -0.4 is 11.5 Å². The van der Waals surface area contributed by atoms with Gasteiger partial charge in [0.2, 0.25) is 0 Å². The smallest absolute Gasteiger partial charge is 0.330 e. The van der Waals surface area contributed by atoms with Gasteiger partial charge in [-0.05, 0) is 6.54 Å². The second kappa shape index (κ2) is 2.66. The molecule has 0 saturated heterocycles. The van der Waals surface area contributed by atoms with Crippen molar-refractivity contribution in [1.29, 1.82) is 0 Å². The van der Waals surface area contributed by atoms with Gasteiger partial charge in [-0.1, -0.05) is 5.16 Å². The Labute approximate surface area is 57.4 Å². The zero-order valence-corrected chi connectivity index (χ0v) is 5.70. The van der Waals surface area contributed by atoms with Crippen LogP contribution in [0.5, 0.6) is 0 Å². The minimum Gasteiger partial charge on any atom is -0.330 e. The number of hydrogen-bond donors (Lipinski definition) is 1. The molecule has 0 amide bonds. The first kappa shape index (κ1) is 7.01. The highest BCUT2D eigenvalue weighted by molar-refractivity contribution is 4.82. The van der Waals surface area contributed by atoms with E-state index in [-0.39, 0.29) is 0 Å². The number of aromatic nitrogens is 2. The van der Waals surface area contributed by atoms with Crippen LogP contribution in [-0.4, -0.2) is 16.3 Å². The lowest BCUT2D eigenvalue weighted by molar-refractivity contribution is 0.376. The molecule has 0 spiro atoms. The summed E-state index contributed by atoms with van der Waals surface area (Å²) in [5.74, 6) is 0.149. The molecule has 1 aromatic heterocycles. The van der Waals surface area contributed by atoms with Gasteiger partial charge < -0.3 is 5.73 Å². The van der Waals surface area contributed by atoms with Gasteiger partial charge in [-0.25, -0.2) is 4.79 Å². The van der Waals surface area contributed by atoms with Gasteiger partial charge in [-0.3, -0.25) is 9.09 Å². The summed E-state index contributed by atoms with van der Waals surface area (Å²) in [6.45, 7) is 0.472. The maximum atomic E-state index is 10.6. The molecule has 0 fully saturated rings. The van der Waals surface area contributed by atoms with Crippen molar-refractivity contribution in [2.45, 2.75) is 6.42 Å². The highest BCUT2D eigenvalue weighted by atomic mass is 16.5. The van der Waals surface area contributed by atoms with Gasteiger partial charge in [0, 0.05) is 13.5 Å². The van der Waals surface area contributed by atoms with Crippen molar-refractivity contribution in [1.82, 2.24) is 9.72 Å². The quantitative estimate of drug-likeness (QED) is 0.568. The molecular formula is C5H9N3O2. The van der Waals surface area contributed by atoms with E-state index < -0.39 is 5.76 Å². The van der Waals surface area contributed by atoms with Crippen LogP contribution in [0.4, 0.5) is 0 Å². The van der Waals surface area contributed by atoms with Crippen LogP contribution in [0, 0.1) is 0 Å². The molecule has 5 heteroatoms. The van der Waals surface area contributed by atoms with Crippen LogP contribution in [0.2, 0.25) is 0 Å². The maximum absolute atomic E-state index is 10.6. The van der Waals surface area contributed by atoms with Crippen LogP contribution in [-0.2, 0) is 13.5 Å². The van der Waals surface area contributed by atoms with E-state index in [1.807, 2.05) is 0 Å². The molecule has 1 heterocycles. The first-order valence-electron chi connectivity index (χ1n) is 2.97. The SMILES string of the molecule is Cn1c(CCN)noc1=O. The molecule has 0 aliphatic heterocycles. The van der Waals surface area contributed by atoms with Crippen molar-refractivity contribution in [2.24, 2.45) is 12.8 Å².